The second-order valence-electron chi connectivity index (χ2n) is 6.78. The Kier molecular flexibility index (Phi) is 6.26. The molecule has 0 bridgehead atoms. The lowest BCUT2D eigenvalue weighted by Crippen LogP contribution is -2.46. The van der Waals surface area contributed by atoms with Gasteiger partial charge in [0.2, 0.25) is 5.91 Å². The average Bonchev–Trinajstić information content (AvgIpc) is 3.40. The van der Waals surface area contributed by atoms with Crippen molar-refractivity contribution in [3.8, 4) is 0 Å². The first kappa shape index (κ1) is 20.2. The van der Waals surface area contributed by atoms with E-state index in [4.69, 9.17) is 0 Å². The van der Waals surface area contributed by atoms with Gasteiger partial charge < -0.3 is 16.0 Å². The van der Waals surface area contributed by atoms with E-state index in [1.54, 1.807) is 6.92 Å². The fraction of sp³-hybridized carbons (Fsp3) is 0.500. The van der Waals surface area contributed by atoms with Crippen LogP contribution in [0.2, 0.25) is 0 Å². The van der Waals surface area contributed by atoms with Gasteiger partial charge in [-0.05, 0) is 43.9 Å². The Balaban J connectivity index is 0.00000243. The van der Waals surface area contributed by atoms with Gasteiger partial charge in [0.05, 0.1) is 0 Å². The second kappa shape index (κ2) is 8.05. The van der Waals surface area contributed by atoms with Crippen molar-refractivity contribution in [2.24, 2.45) is 5.92 Å². The summed E-state index contributed by atoms with van der Waals surface area (Å²) in [5, 5.41) is 8.77. The highest BCUT2D eigenvalue weighted by atomic mass is 35.5. The molecule has 4 amide bonds. The number of imide groups is 1. The van der Waals surface area contributed by atoms with Gasteiger partial charge in [-0.1, -0.05) is 25.1 Å². The van der Waals surface area contributed by atoms with Crippen LogP contribution >= 0.6 is 12.4 Å². The van der Waals surface area contributed by atoms with Crippen molar-refractivity contribution in [3.05, 3.63) is 29.8 Å². The van der Waals surface area contributed by atoms with Gasteiger partial charge in [-0.25, -0.2) is 4.79 Å². The summed E-state index contributed by atoms with van der Waals surface area (Å²) >= 11 is 0. The third-order valence-corrected chi connectivity index (χ3v) is 4.85. The maximum absolute atomic E-state index is 12.6. The summed E-state index contributed by atoms with van der Waals surface area (Å²) in [6, 6.07) is 6.99. The van der Waals surface area contributed by atoms with Gasteiger partial charge in [0.25, 0.3) is 5.91 Å². The first-order chi connectivity index (χ1) is 12.0. The quantitative estimate of drug-likeness (QED) is 0.630. The van der Waals surface area contributed by atoms with Crippen molar-refractivity contribution in [2.45, 2.75) is 38.8 Å². The van der Waals surface area contributed by atoms with Crippen LogP contribution in [0.15, 0.2) is 24.3 Å². The zero-order chi connectivity index (χ0) is 18.0. The summed E-state index contributed by atoms with van der Waals surface area (Å²) in [4.78, 5) is 38.1. The largest absolute Gasteiger partial charge is 0.325 e. The first-order valence-corrected chi connectivity index (χ1v) is 8.68. The smallest absolute Gasteiger partial charge is 0.324 e. The number of para-hydroxylation sites is 1. The summed E-state index contributed by atoms with van der Waals surface area (Å²) in [5.41, 5.74) is 0.781. The van der Waals surface area contributed by atoms with Crippen LogP contribution in [0.25, 0.3) is 0 Å². The molecule has 26 heavy (non-hydrogen) atoms. The zero-order valence-corrected chi connectivity index (χ0v) is 15.8. The van der Waals surface area contributed by atoms with Crippen molar-refractivity contribution in [2.75, 3.05) is 18.4 Å². The van der Waals surface area contributed by atoms with E-state index in [9.17, 15) is 14.4 Å². The third-order valence-electron chi connectivity index (χ3n) is 4.85. The summed E-state index contributed by atoms with van der Waals surface area (Å²) in [6.07, 6.45) is 1.86. The van der Waals surface area contributed by atoms with Crippen LogP contribution in [0, 0.1) is 5.92 Å². The van der Waals surface area contributed by atoms with Crippen LogP contribution in [0.5, 0.6) is 0 Å². The molecule has 1 aromatic carbocycles. The lowest BCUT2D eigenvalue weighted by atomic mass is 9.96. The van der Waals surface area contributed by atoms with E-state index >= 15 is 0 Å². The number of nitrogens with zero attached hydrogens (tertiary/aromatic N) is 1. The van der Waals surface area contributed by atoms with Gasteiger partial charge in [-0.2, -0.15) is 0 Å². The predicted molar refractivity (Wildman–Crippen MR) is 101 cm³/mol. The normalized spacial score (nSPS) is 22.0. The Labute approximate surface area is 159 Å². The molecule has 1 aliphatic carbocycles. The summed E-state index contributed by atoms with van der Waals surface area (Å²) < 4.78 is 0. The van der Waals surface area contributed by atoms with E-state index in [0.29, 0.717) is 12.2 Å². The van der Waals surface area contributed by atoms with Gasteiger partial charge >= 0.3 is 6.03 Å². The SMILES string of the molecule is CCNCc1ccccc1NC(=O)CN1C(=O)NC(C)(C2CC2)C1=O.Cl. The first-order valence-electron chi connectivity index (χ1n) is 8.68. The van der Waals surface area contributed by atoms with Crippen LogP contribution in [0.1, 0.15) is 32.3 Å². The van der Waals surface area contributed by atoms with Gasteiger partial charge in [-0.3, -0.25) is 14.5 Å². The summed E-state index contributed by atoms with van der Waals surface area (Å²) in [7, 11) is 0. The maximum atomic E-state index is 12.6. The van der Waals surface area contributed by atoms with Gasteiger partial charge in [-0.15, -0.1) is 12.4 Å². The molecule has 8 heteroatoms. The number of nitrogens with one attached hydrogen (secondary N) is 3. The van der Waals surface area contributed by atoms with E-state index < -0.39 is 11.6 Å². The second-order valence-corrected chi connectivity index (χ2v) is 6.78. The lowest BCUT2D eigenvalue weighted by molar-refractivity contribution is -0.134. The number of urea groups is 1. The maximum Gasteiger partial charge on any atom is 0.325 e. The molecule has 3 rings (SSSR count). The highest BCUT2D eigenvalue weighted by molar-refractivity contribution is 6.10. The molecule has 1 heterocycles. The number of anilines is 1. The number of halogens is 1. The Bertz CT molecular complexity index is 707. The minimum atomic E-state index is -0.861. The summed E-state index contributed by atoms with van der Waals surface area (Å²) in [6.45, 7) is 4.94. The van der Waals surface area contributed by atoms with E-state index in [2.05, 4.69) is 16.0 Å². The van der Waals surface area contributed by atoms with Crippen LogP contribution in [-0.2, 0) is 16.1 Å². The van der Waals surface area contributed by atoms with Crippen LogP contribution in [-0.4, -0.2) is 41.4 Å². The molecule has 2 fully saturated rings. The van der Waals surface area contributed by atoms with E-state index in [1.165, 1.54) is 0 Å². The highest BCUT2D eigenvalue weighted by Crippen LogP contribution is 2.42. The number of rotatable bonds is 7. The average molecular weight is 381 g/mol. The Morgan fingerprint density at radius 1 is 1.31 bits per heavy atom. The minimum Gasteiger partial charge on any atom is -0.324 e. The van der Waals surface area contributed by atoms with Crippen molar-refractivity contribution in [1.82, 2.24) is 15.5 Å². The lowest BCUT2D eigenvalue weighted by Gasteiger charge is -2.21. The number of hydrogen-bond acceptors (Lipinski definition) is 4. The number of carbonyl (C=O) groups excluding carboxylic acids is 3. The number of carbonyl (C=O) groups is 3. The van der Waals surface area contributed by atoms with Crippen molar-refractivity contribution in [1.29, 1.82) is 0 Å². The topological polar surface area (TPSA) is 90.5 Å². The van der Waals surface area contributed by atoms with Gasteiger partial charge in [0, 0.05) is 12.2 Å². The molecule has 2 aliphatic rings. The van der Waals surface area contributed by atoms with Crippen molar-refractivity contribution < 1.29 is 14.4 Å². The van der Waals surface area contributed by atoms with Crippen LogP contribution < -0.4 is 16.0 Å². The molecule has 1 atom stereocenters. The molecular weight excluding hydrogens is 356 g/mol. The number of benzene rings is 1. The standard InChI is InChI=1S/C18H24N4O3.ClH/c1-3-19-10-12-6-4-5-7-14(12)20-15(23)11-22-16(24)18(2,13-8-9-13)21-17(22)25;/h4-7,13,19H,3,8-11H2,1-2H3,(H,20,23)(H,21,25);1H. The number of hydrogen-bond donors (Lipinski definition) is 3. The molecule has 142 valence electrons. The highest BCUT2D eigenvalue weighted by Gasteiger charge is 2.56. The molecule has 0 spiro atoms. The molecule has 0 radical (unpaired) electrons. The van der Waals surface area contributed by atoms with Crippen molar-refractivity contribution in [3.63, 3.8) is 0 Å². The molecule has 0 aromatic heterocycles. The summed E-state index contributed by atoms with van der Waals surface area (Å²) in [5.74, 6) is -0.513. The van der Waals surface area contributed by atoms with Crippen molar-refractivity contribution >= 4 is 35.9 Å². The monoisotopic (exact) mass is 380 g/mol. The molecule has 3 N–H and O–H groups in total. The molecule has 7 nitrogen and oxygen atoms in total. The molecule has 1 aliphatic heterocycles. The molecular formula is C18H25ClN4O3. The van der Waals surface area contributed by atoms with Gasteiger partial charge in [0.15, 0.2) is 0 Å². The van der Waals surface area contributed by atoms with E-state index in [1.807, 2.05) is 31.2 Å². The minimum absolute atomic E-state index is 0. The molecule has 1 saturated heterocycles. The Hall–Kier alpha value is -2.12. The van der Waals surface area contributed by atoms with E-state index in [-0.39, 0.29) is 36.7 Å². The van der Waals surface area contributed by atoms with E-state index in [0.717, 1.165) is 29.8 Å². The van der Waals surface area contributed by atoms with Crippen LogP contribution in [0.4, 0.5) is 10.5 Å². The Morgan fingerprint density at radius 2 is 2.00 bits per heavy atom. The van der Waals surface area contributed by atoms with Crippen LogP contribution in [0.3, 0.4) is 0 Å². The fourth-order valence-electron chi connectivity index (χ4n) is 3.19. The fourth-order valence-corrected chi connectivity index (χ4v) is 3.19. The molecule has 1 saturated carbocycles. The molecule has 1 unspecified atom stereocenters. The Morgan fingerprint density at radius 3 is 2.65 bits per heavy atom. The zero-order valence-electron chi connectivity index (χ0n) is 15.0. The molecule has 1 aromatic rings. The predicted octanol–water partition coefficient (Wildman–Crippen LogP) is 1.88. The number of amides is 4. The van der Waals surface area contributed by atoms with Gasteiger partial charge in [0.1, 0.15) is 12.1 Å². The third kappa shape index (κ3) is 3.99.